The van der Waals surface area contributed by atoms with Gasteiger partial charge < -0.3 is 29.2 Å². The van der Waals surface area contributed by atoms with Crippen molar-refractivity contribution in [2.24, 2.45) is 11.3 Å². The Kier molecular flexibility index (Phi) is 5.54. The smallest absolute Gasteiger partial charge is 0.341 e. The van der Waals surface area contributed by atoms with E-state index in [0.29, 0.717) is 12.0 Å². The molecule has 4 aliphatic rings. The third kappa shape index (κ3) is 3.35. The predicted octanol–water partition coefficient (Wildman–Crippen LogP) is 1.35. The summed E-state index contributed by atoms with van der Waals surface area (Å²) in [7, 11) is 0. The quantitative estimate of drug-likeness (QED) is 0.269. The van der Waals surface area contributed by atoms with Gasteiger partial charge in [-0.15, -0.1) is 0 Å². The highest BCUT2D eigenvalue weighted by atomic mass is 16.7. The van der Waals surface area contributed by atoms with Crippen molar-refractivity contribution in [2.75, 3.05) is 0 Å². The number of epoxide rings is 1. The molecule has 2 N–H and O–H groups in total. The van der Waals surface area contributed by atoms with Crippen molar-refractivity contribution in [3.05, 3.63) is 23.3 Å². The van der Waals surface area contributed by atoms with E-state index in [4.69, 9.17) is 18.9 Å². The number of aliphatic hydroxyl groups is 2. The van der Waals surface area contributed by atoms with Crippen molar-refractivity contribution in [1.82, 2.24) is 0 Å². The molecule has 0 aromatic carbocycles. The Labute approximate surface area is 192 Å². The number of aliphatic hydroxyl groups excluding tert-OH is 1. The SMILES string of the molecule is CC(=O)O[C@@H]1C/C(C)=C\[C@H]2OC(=O)[C@@](C)(O)[C@]23O[C@H]3[C@@H]2C(C)=CC[C@@H](OC(C)=O)[C@]2(C)[C@@H]1O. The number of hydrogen-bond donors (Lipinski definition) is 2. The Balaban J connectivity index is 1.91. The summed E-state index contributed by atoms with van der Waals surface area (Å²) in [6, 6.07) is 0. The van der Waals surface area contributed by atoms with Crippen LogP contribution in [-0.4, -0.2) is 69.8 Å². The number of hydrogen-bond acceptors (Lipinski definition) is 9. The van der Waals surface area contributed by atoms with Gasteiger partial charge in [-0.2, -0.15) is 0 Å². The third-order valence-corrected chi connectivity index (χ3v) is 7.89. The van der Waals surface area contributed by atoms with E-state index < -0.39 is 71.0 Å². The fraction of sp³-hybridized carbons (Fsp3) is 0.708. The molecule has 4 rings (SSSR count). The summed E-state index contributed by atoms with van der Waals surface area (Å²) >= 11 is 0. The number of ether oxygens (including phenoxy) is 4. The molecular weight excluding hydrogens is 432 g/mol. The zero-order valence-corrected chi connectivity index (χ0v) is 19.8. The highest BCUT2D eigenvalue weighted by Gasteiger charge is 2.82. The highest BCUT2D eigenvalue weighted by Crippen LogP contribution is 2.63. The van der Waals surface area contributed by atoms with E-state index in [1.807, 2.05) is 13.0 Å². The third-order valence-electron chi connectivity index (χ3n) is 7.89. The van der Waals surface area contributed by atoms with Gasteiger partial charge in [0.15, 0.2) is 17.3 Å². The molecule has 2 aliphatic carbocycles. The van der Waals surface area contributed by atoms with Crippen LogP contribution in [0.5, 0.6) is 0 Å². The van der Waals surface area contributed by atoms with Crippen LogP contribution >= 0.6 is 0 Å². The molecule has 2 saturated heterocycles. The topological polar surface area (TPSA) is 132 Å². The molecule has 0 amide bonds. The van der Waals surface area contributed by atoms with Gasteiger partial charge in [0.25, 0.3) is 0 Å². The minimum absolute atomic E-state index is 0.162. The molecule has 9 nitrogen and oxygen atoms in total. The summed E-state index contributed by atoms with van der Waals surface area (Å²) in [6.45, 7) is 9.37. The molecule has 9 heteroatoms. The Morgan fingerprint density at radius 3 is 2.39 bits per heavy atom. The Morgan fingerprint density at radius 2 is 1.79 bits per heavy atom. The number of rotatable bonds is 2. The Morgan fingerprint density at radius 1 is 1.15 bits per heavy atom. The van der Waals surface area contributed by atoms with Crippen LogP contribution in [0.1, 0.15) is 54.4 Å². The Hall–Kier alpha value is -2.23. The molecular formula is C24H32O9. The van der Waals surface area contributed by atoms with Crippen molar-refractivity contribution in [2.45, 2.75) is 96.1 Å². The first-order chi connectivity index (χ1) is 15.3. The van der Waals surface area contributed by atoms with E-state index in [1.54, 1.807) is 19.9 Å². The molecule has 0 aromatic heterocycles. The number of esters is 3. The first kappa shape index (κ1) is 23.9. The number of carbonyl (C=O) groups is 3. The maximum absolute atomic E-state index is 12.6. The lowest BCUT2D eigenvalue weighted by atomic mass is 9.57. The summed E-state index contributed by atoms with van der Waals surface area (Å²) in [5, 5.41) is 22.9. The maximum Gasteiger partial charge on any atom is 0.341 e. The second kappa shape index (κ2) is 7.65. The average Bonchev–Trinajstić information content (AvgIpc) is 3.40. The van der Waals surface area contributed by atoms with Gasteiger partial charge in [-0.05, 0) is 26.8 Å². The van der Waals surface area contributed by atoms with Gasteiger partial charge >= 0.3 is 17.9 Å². The van der Waals surface area contributed by atoms with Crippen LogP contribution in [-0.2, 0) is 33.3 Å². The molecule has 33 heavy (non-hydrogen) atoms. The normalized spacial score (nSPS) is 48.1. The van der Waals surface area contributed by atoms with Crippen molar-refractivity contribution in [3.8, 4) is 0 Å². The zero-order chi connectivity index (χ0) is 24.5. The van der Waals surface area contributed by atoms with Gasteiger partial charge in [0, 0.05) is 38.0 Å². The standard InChI is InChI=1S/C24H32O9/c1-11-9-15(30-13(3)25)19(27)22(5)16(31-14(4)26)8-7-12(2)18(22)20-24(33-20)17(10-11)32-21(28)23(24,6)29/h7,10,15-20,27,29H,8-9H2,1-6H3/b11-10-/t15-,16-,17-,18+,19-,20+,22+,23-,24+/m1/s1. The molecule has 0 bridgehead atoms. The first-order valence-corrected chi connectivity index (χ1v) is 11.2. The summed E-state index contributed by atoms with van der Waals surface area (Å²) < 4.78 is 22.9. The molecule has 9 atom stereocenters. The van der Waals surface area contributed by atoms with E-state index >= 15 is 0 Å². The molecule has 0 radical (unpaired) electrons. The first-order valence-electron chi connectivity index (χ1n) is 11.2. The van der Waals surface area contributed by atoms with Crippen molar-refractivity contribution < 1.29 is 43.5 Å². The van der Waals surface area contributed by atoms with Gasteiger partial charge in [0.05, 0.1) is 0 Å². The van der Waals surface area contributed by atoms with Gasteiger partial charge in [0.1, 0.15) is 24.4 Å². The van der Waals surface area contributed by atoms with Crippen molar-refractivity contribution in [3.63, 3.8) is 0 Å². The van der Waals surface area contributed by atoms with Crippen molar-refractivity contribution in [1.29, 1.82) is 0 Å². The van der Waals surface area contributed by atoms with E-state index in [2.05, 4.69) is 0 Å². The molecule has 0 unspecified atom stereocenters. The lowest BCUT2D eigenvalue weighted by Gasteiger charge is -2.50. The fourth-order valence-corrected chi connectivity index (χ4v) is 6.18. The predicted molar refractivity (Wildman–Crippen MR) is 114 cm³/mol. The van der Waals surface area contributed by atoms with Crippen LogP contribution in [0.2, 0.25) is 0 Å². The van der Waals surface area contributed by atoms with Crippen LogP contribution in [0.4, 0.5) is 0 Å². The summed E-state index contributed by atoms with van der Waals surface area (Å²) in [4.78, 5) is 36.5. The van der Waals surface area contributed by atoms with Gasteiger partial charge in [-0.3, -0.25) is 9.59 Å². The van der Waals surface area contributed by atoms with Gasteiger partial charge in [-0.25, -0.2) is 4.79 Å². The van der Waals surface area contributed by atoms with Gasteiger partial charge in [-0.1, -0.05) is 24.1 Å². The van der Waals surface area contributed by atoms with Crippen molar-refractivity contribution >= 4 is 17.9 Å². The summed E-state index contributed by atoms with van der Waals surface area (Å²) in [5.74, 6) is -2.40. The van der Waals surface area contributed by atoms with Crippen LogP contribution in [0.15, 0.2) is 23.3 Å². The summed E-state index contributed by atoms with van der Waals surface area (Å²) in [5.41, 5.74) is -2.85. The zero-order valence-electron chi connectivity index (χ0n) is 19.8. The van der Waals surface area contributed by atoms with Crippen LogP contribution in [0.3, 0.4) is 0 Å². The molecule has 0 saturated carbocycles. The van der Waals surface area contributed by atoms with E-state index in [0.717, 1.165) is 5.57 Å². The van der Waals surface area contributed by atoms with E-state index in [-0.39, 0.29) is 6.42 Å². The lowest BCUT2D eigenvalue weighted by molar-refractivity contribution is -0.186. The average molecular weight is 465 g/mol. The largest absolute Gasteiger partial charge is 0.462 e. The Bertz CT molecular complexity index is 950. The second-order valence-electron chi connectivity index (χ2n) is 10.2. The molecule has 2 heterocycles. The highest BCUT2D eigenvalue weighted by molar-refractivity contribution is 5.85. The van der Waals surface area contributed by atoms with E-state index in [9.17, 15) is 24.6 Å². The monoisotopic (exact) mass is 464 g/mol. The van der Waals surface area contributed by atoms with Crippen LogP contribution in [0.25, 0.3) is 0 Å². The molecule has 2 fully saturated rings. The molecule has 0 aromatic rings. The summed E-state index contributed by atoms with van der Waals surface area (Å²) in [6.07, 6.45) is -0.358. The maximum atomic E-state index is 12.6. The molecule has 2 aliphatic heterocycles. The minimum atomic E-state index is -1.91. The fourth-order valence-electron chi connectivity index (χ4n) is 6.18. The second-order valence-corrected chi connectivity index (χ2v) is 10.2. The minimum Gasteiger partial charge on any atom is -0.462 e. The lowest BCUT2D eigenvalue weighted by Crippen LogP contribution is -2.60. The van der Waals surface area contributed by atoms with Crippen LogP contribution in [0, 0.1) is 11.3 Å². The van der Waals surface area contributed by atoms with E-state index in [1.165, 1.54) is 20.8 Å². The molecule has 182 valence electrons. The number of fused-ring (bicyclic) bond motifs is 2. The van der Waals surface area contributed by atoms with Crippen LogP contribution < -0.4 is 0 Å². The van der Waals surface area contributed by atoms with Gasteiger partial charge in [0.2, 0.25) is 0 Å². The molecule has 1 spiro atoms. The number of carbonyl (C=O) groups excluding carboxylic acids is 3.